The summed E-state index contributed by atoms with van der Waals surface area (Å²) in [5, 5.41) is 29.0. The van der Waals surface area contributed by atoms with Gasteiger partial charge in [0.15, 0.2) is 17.3 Å². The van der Waals surface area contributed by atoms with Gasteiger partial charge in [0, 0.05) is 24.2 Å². The molecule has 2 aromatic rings. The number of nitrogens with zero attached hydrogens (tertiary/aromatic N) is 1. The van der Waals surface area contributed by atoms with E-state index in [1.807, 2.05) is 6.07 Å². The second-order valence-corrected chi connectivity index (χ2v) is 8.91. The first-order valence-corrected chi connectivity index (χ1v) is 11.7. The van der Waals surface area contributed by atoms with Crippen LogP contribution in [0.25, 0.3) is 22.4 Å². The summed E-state index contributed by atoms with van der Waals surface area (Å²) >= 11 is 0. The van der Waals surface area contributed by atoms with Crippen LogP contribution in [0.2, 0.25) is 0 Å². The fourth-order valence-corrected chi connectivity index (χ4v) is 4.46. The van der Waals surface area contributed by atoms with Crippen molar-refractivity contribution in [3.63, 3.8) is 0 Å². The van der Waals surface area contributed by atoms with Gasteiger partial charge in [-0.05, 0) is 84.8 Å². The van der Waals surface area contributed by atoms with Gasteiger partial charge in [-0.2, -0.15) is 0 Å². The first kappa shape index (κ1) is 25.1. The van der Waals surface area contributed by atoms with Crippen LogP contribution in [0.4, 0.5) is 4.39 Å². The SMILES string of the molecule is COc1cccc2nc(C(=O)CC(CCO)Cc3ccc(O)c(O)c3)c(-c3ccc(F)c(C)c3)c-2c1. The van der Waals surface area contributed by atoms with Gasteiger partial charge in [-0.3, -0.25) is 4.79 Å². The van der Waals surface area contributed by atoms with E-state index < -0.39 is 0 Å². The Labute approximate surface area is 209 Å². The van der Waals surface area contributed by atoms with E-state index in [0.29, 0.717) is 46.5 Å². The molecule has 36 heavy (non-hydrogen) atoms. The molecule has 0 amide bonds. The predicted octanol–water partition coefficient (Wildman–Crippen LogP) is 5.53. The molecule has 1 heterocycles. The van der Waals surface area contributed by atoms with Crippen molar-refractivity contribution in [2.24, 2.45) is 5.92 Å². The Hall–Kier alpha value is -3.97. The molecule has 0 saturated heterocycles. The van der Waals surface area contributed by atoms with E-state index in [2.05, 4.69) is 4.98 Å². The minimum Gasteiger partial charge on any atom is -0.504 e. The number of phenols is 2. The van der Waals surface area contributed by atoms with Crippen LogP contribution in [0.15, 0.2) is 60.7 Å². The number of methoxy groups -OCH3 is 1. The molecule has 0 aromatic heterocycles. The lowest BCUT2D eigenvalue weighted by atomic mass is 9.89. The summed E-state index contributed by atoms with van der Waals surface area (Å²) in [5.41, 5.74) is 4.09. The maximum Gasteiger partial charge on any atom is 0.182 e. The van der Waals surface area contributed by atoms with Gasteiger partial charge in [0.05, 0.1) is 12.8 Å². The number of phenolic OH excluding ortho intramolecular Hbond substituents is 2. The number of aryl methyl sites for hydroxylation is 1. The third-order valence-corrected chi connectivity index (χ3v) is 6.34. The zero-order chi connectivity index (χ0) is 25.8. The Morgan fingerprint density at radius 1 is 1.06 bits per heavy atom. The monoisotopic (exact) mass is 489 g/mol. The average Bonchev–Trinajstić information content (AvgIpc) is 3.08. The van der Waals surface area contributed by atoms with Crippen LogP contribution in [0.3, 0.4) is 0 Å². The van der Waals surface area contributed by atoms with Crippen LogP contribution < -0.4 is 4.74 Å². The Kier molecular flexibility index (Phi) is 7.50. The molecule has 3 N–H and O–H groups in total. The van der Waals surface area contributed by atoms with Gasteiger partial charge in [-0.1, -0.05) is 18.2 Å². The number of carbonyl (C=O) groups excluding carboxylic acids is 1. The predicted molar refractivity (Wildman–Crippen MR) is 135 cm³/mol. The number of fused-ring (bicyclic) bond motifs is 1. The molecule has 7 heteroatoms. The van der Waals surface area contributed by atoms with Gasteiger partial charge < -0.3 is 20.1 Å². The van der Waals surface area contributed by atoms with E-state index in [4.69, 9.17) is 4.74 Å². The highest BCUT2D eigenvalue weighted by molar-refractivity contribution is 6.06. The molecule has 1 atom stereocenters. The lowest BCUT2D eigenvalue weighted by molar-refractivity contribution is 0.0949. The van der Waals surface area contributed by atoms with Crippen LogP contribution in [-0.2, 0) is 6.42 Å². The highest BCUT2D eigenvalue weighted by Gasteiger charge is 2.26. The third-order valence-electron chi connectivity index (χ3n) is 6.34. The van der Waals surface area contributed by atoms with Gasteiger partial charge in [0.2, 0.25) is 0 Å². The van der Waals surface area contributed by atoms with E-state index >= 15 is 0 Å². The molecule has 2 aromatic carbocycles. The van der Waals surface area contributed by atoms with E-state index in [1.165, 1.54) is 18.2 Å². The van der Waals surface area contributed by atoms with Crippen molar-refractivity contribution in [3.8, 4) is 39.6 Å². The summed E-state index contributed by atoms with van der Waals surface area (Å²) in [6.45, 7) is 1.57. The standard InChI is InChI=1S/C29H28FNO5/c1-17-12-20(7-8-23(17)30)28-22-16-21(36-2)4-3-5-24(22)31-29(28)27(35)15-19(10-11-32)13-18-6-9-25(33)26(34)14-18/h3-9,12,14,16,19,32-34H,10-11,13,15H2,1-2H3. The van der Waals surface area contributed by atoms with Gasteiger partial charge in [0.1, 0.15) is 17.3 Å². The number of rotatable bonds is 9. The highest BCUT2D eigenvalue weighted by Crippen LogP contribution is 2.40. The average molecular weight is 490 g/mol. The molecular formula is C29H28FNO5. The topological polar surface area (TPSA) is 99.9 Å². The highest BCUT2D eigenvalue weighted by atomic mass is 19.1. The first-order chi connectivity index (χ1) is 17.3. The molecule has 1 aliphatic heterocycles. The normalized spacial score (nSPS) is 12.0. The number of aliphatic hydroxyl groups is 1. The smallest absolute Gasteiger partial charge is 0.182 e. The number of hydrogen-bond donors (Lipinski definition) is 3. The summed E-state index contributed by atoms with van der Waals surface area (Å²) < 4.78 is 19.5. The van der Waals surface area contributed by atoms with E-state index in [0.717, 1.165) is 5.56 Å². The molecule has 6 nitrogen and oxygen atoms in total. The number of aliphatic hydroxyl groups excluding tert-OH is 1. The molecule has 1 aliphatic carbocycles. The maximum absolute atomic E-state index is 14.0. The lowest BCUT2D eigenvalue weighted by Crippen LogP contribution is -2.14. The Morgan fingerprint density at radius 3 is 2.56 bits per heavy atom. The molecule has 0 bridgehead atoms. The summed E-state index contributed by atoms with van der Waals surface area (Å²) in [6.07, 6.45) is 0.914. The summed E-state index contributed by atoms with van der Waals surface area (Å²) in [7, 11) is 1.56. The fraction of sp³-hybridized carbons (Fsp3) is 0.241. The van der Waals surface area contributed by atoms with Gasteiger partial charge in [0.25, 0.3) is 0 Å². The quantitative estimate of drug-likeness (QED) is 0.211. The number of carbonyl (C=O) groups is 1. The molecular weight excluding hydrogens is 461 g/mol. The van der Waals surface area contributed by atoms with Crippen LogP contribution >= 0.6 is 0 Å². The van der Waals surface area contributed by atoms with Crippen molar-refractivity contribution in [2.75, 3.05) is 13.7 Å². The fourth-order valence-electron chi connectivity index (χ4n) is 4.46. The van der Waals surface area contributed by atoms with Crippen LogP contribution in [0.5, 0.6) is 17.2 Å². The first-order valence-electron chi connectivity index (χ1n) is 11.7. The van der Waals surface area contributed by atoms with Crippen LogP contribution in [0.1, 0.15) is 34.5 Å². The number of Topliss-reactive ketones (excluding diaryl/α,β-unsaturated/α-hetero) is 1. The van der Waals surface area contributed by atoms with Crippen molar-refractivity contribution >= 4 is 5.78 Å². The summed E-state index contributed by atoms with van der Waals surface area (Å²) in [5.74, 6) is -0.614. The van der Waals surface area contributed by atoms with E-state index in [1.54, 1.807) is 50.4 Å². The van der Waals surface area contributed by atoms with Crippen molar-refractivity contribution in [1.82, 2.24) is 4.98 Å². The second kappa shape index (κ2) is 10.7. The largest absolute Gasteiger partial charge is 0.504 e. The lowest BCUT2D eigenvalue weighted by Gasteiger charge is -2.16. The van der Waals surface area contributed by atoms with E-state index in [9.17, 15) is 24.5 Å². The number of halogens is 1. The second-order valence-electron chi connectivity index (χ2n) is 8.91. The van der Waals surface area contributed by atoms with Gasteiger partial charge >= 0.3 is 0 Å². The molecule has 1 unspecified atom stereocenters. The Balaban J connectivity index is 1.75. The van der Waals surface area contributed by atoms with Gasteiger partial charge in [-0.25, -0.2) is 9.37 Å². The van der Waals surface area contributed by atoms with Gasteiger partial charge in [-0.15, -0.1) is 0 Å². The minimum absolute atomic E-state index is 0.102. The van der Waals surface area contributed by atoms with Crippen LogP contribution in [-0.4, -0.2) is 39.8 Å². The number of hydrogen-bond acceptors (Lipinski definition) is 6. The minimum atomic E-state index is -0.334. The Morgan fingerprint density at radius 2 is 1.86 bits per heavy atom. The molecule has 0 radical (unpaired) electrons. The third kappa shape index (κ3) is 5.31. The zero-order valence-electron chi connectivity index (χ0n) is 20.2. The van der Waals surface area contributed by atoms with Crippen molar-refractivity contribution in [2.45, 2.75) is 26.2 Å². The number of aromatic nitrogens is 1. The number of aromatic hydroxyl groups is 2. The Bertz CT molecular complexity index is 1370. The molecule has 0 saturated carbocycles. The molecule has 186 valence electrons. The number of ether oxygens (including phenoxy) is 1. The summed E-state index contributed by atoms with van der Waals surface area (Å²) in [6, 6.07) is 16.5. The van der Waals surface area contributed by atoms with E-state index in [-0.39, 0.29) is 47.7 Å². The number of ketones is 1. The van der Waals surface area contributed by atoms with Crippen LogP contribution in [0, 0.1) is 18.7 Å². The molecule has 2 aliphatic rings. The van der Waals surface area contributed by atoms with Crippen molar-refractivity contribution in [1.29, 1.82) is 0 Å². The molecule has 0 spiro atoms. The van der Waals surface area contributed by atoms with Crippen molar-refractivity contribution < 1.29 is 29.2 Å². The molecule has 4 rings (SSSR count). The maximum atomic E-state index is 14.0. The zero-order valence-corrected chi connectivity index (χ0v) is 20.2. The van der Waals surface area contributed by atoms with Crippen molar-refractivity contribution in [3.05, 3.63) is 83.3 Å². The summed E-state index contributed by atoms with van der Waals surface area (Å²) in [4.78, 5) is 18.3. The number of benzene rings is 2. The molecule has 0 fully saturated rings.